The van der Waals surface area contributed by atoms with Gasteiger partial charge in [-0.25, -0.2) is 9.59 Å². The van der Waals surface area contributed by atoms with Gasteiger partial charge in [0.1, 0.15) is 5.60 Å². The van der Waals surface area contributed by atoms with Gasteiger partial charge in [-0.05, 0) is 20.8 Å². The summed E-state index contributed by atoms with van der Waals surface area (Å²) < 4.78 is 9.90. The number of carbonyl (C=O) groups is 2. The Morgan fingerprint density at radius 1 is 1.64 bits per heavy atom. The van der Waals surface area contributed by atoms with Gasteiger partial charge in [0.25, 0.3) is 0 Å². The summed E-state index contributed by atoms with van der Waals surface area (Å²) in [6.07, 6.45) is -0.389. The topological polar surface area (TPSA) is 52.6 Å². The monoisotopic (exact) mass is 198 g/mol. The molecule has 0 N–H and O–H groups in total. The van der Waals surface area contributed by atoms with E-state index in [9.17, 15) is 9.59 Å². The minimum absolute atomic E-state index is 0.280. The van der Waals surface area contributed by atoms with E-state index in [0.29, 0.717) is 6.42 Å². The van der Waals surface area contributed by atoms with Gasteiger partial charge in [0.05, 0.1) is 0 Å². The molecule has 1 rings (SSSR count). The van der Waals surface area contributed by atoms with Crippen molar-refractivity contribution in [3.8, 4) is 0 Å². The summed E-state index contributed by atoms with van der Waals surface area (Å²) in [5.41, 5.74) is -0.264. The molecule has 1 aliphatic rings. The van der Waals surface area contributed by atoms with E-state index in [2.05, 4.69) is 6.58 Å². The van der Waals surface area contributed by atoms with Gasteiger partial charge in [-0.1, -0.05) is 6.58 Å². The fourth-order valence-electron chi connectivity index (χ4n) is 1.23. The maximum absolute atomic E-state index is 11.2. The largest absolute Gasteiger partial charge is 0.457 e. The van der Waals surface area contributed by atoms with Crippen molar-refractivity contribution in [3.63, 3.8) is 0 Å². The number of cyclic esters (lactones) is 1. The maximum Gasteiger partial charge on any atom is 0.348 e. The number of esters is 2. The normalized spacial score (nSPS) is 24.2. The predicted molar refractivity (Wildman–Crippen MR) is 49.5 cm³/mol. The van der Waals surface area contributed by atoms with E-state index in [4.69, 9.17) is 9.47 Å². The van der Waals surface area contributed by atoms with Gasteiger partial charge in [-0.3, -0.25) is 0 Å². The average molecular weight is 198 g/mol. The molecular weight excluding hydrogens is 184 g/mol. The van der Waals surface area contributed by atoms with Crippen molar-refractivity contribution in [2.45, 2.75) is 38.9 Å². The summed E-state index contributed by atoms with van der Waals surface area (Å²) in [6, 6.07) is 0. The van der Waals surface area contributed by atoms with Crippen LogP contribution in [0.15, 0.2) is 12.2 Å². The lowest BCUT2D eigenvalue weighted by atomic mass is 10.0. The van der Waals surface area contributed by atoms with Gasteiger partial charge in [0, 0.05) is 12.0 Å². The highest BCUT2D eigenvalue weighted by Crippen LogP contribution is 2.27. The second-order valence-corrected chi connectivity index (χ2v) is 4.06. The lowest BCUT2D eigenvalue weighted by molar-refractivity contribution is -0.160. The number of hydrogen-bond acceptors (Lipinski definition) is 4. The first-order valence-electron chi connectivity index (χ1n) is 4.41. The zero-order chi connectivity index (χ0) is 10.9. The smallest absolute Gasteiger partial charge is 0.348 e. The molecule has 4 heteroatoms. The van der Waals surface area contributed by atoms with Crippen molar-refractivity contribution in [3.05, 3.63) is 12.2 Å². The summed E-state index contributed by atoms with van der Waals surface area (Å²) in [5, 5.41) is 0. The molecule has 0 spiro atoms. The molecule has 1 saturated heterocycles. The number of rotatable bonds is 2. The van der Waals surface area contributed by atoms with E-state index in [1.54, 1.807) is 13.8 Å². The Bertz CT molecular complexity index is 290. The molecule has 1 unspecified atom stereocenters. The van der Waals surface area contributed by atoms with E-state index < -0.39 is 23.6 Å². The Kier molecular flexibility index (Phi) is 2.64. The van der Waals surface area contributed by atoms with Gasteiger partial charge < -0.3 is 9.47 Å². The molecule has 1 atom stereocenters. The molecule has 1 fully saturated rings. The number of carbonyl (C=O) groups excluding carboxylic acids is 2. The minimum atomic E-state index is -0.783. The molecule has 0 aromatic heterocycles. The highest BCUT2D eigenvalue weighted by molar-refractivity contribution is 5.90. The van der Waals surface area contributed by atoms with Crippen LogP contribution in [0.1, 0.15) is 27.2 Å². The quantitative estimate of drug-likeness (QED) is 0.494. The molecule has 0 aromatic carbocycles. The summed E-state index contributed by atoms with van der Waals surface area (Å²) in [4.78, 5) is 22.3. The van der Waals surface area contributed by atoms with Crippen LogP contribution in [0.3, 0.4) is 0 Å². The van der Waals surface area contributed by atoms with Crippen LogP contribution in [0.5, 0.6) is 0 Å². The molecule has 78 valence electrons. The highest BCUT2D eigenvalue weighted by Gasteiger charge is 2.42. The van der Waals surface area contributed by atoms with Gasteiger partial charge >= 0.3 is 11.9 Å². The zero-order valence-electron chi connectivity index (χ0n) is 8.62. The van der Waals surface area contributed by atoms with Crippen molar-refractivity contribution in [1.29, 1.82) is 0 Å². The maximum atomic E-state index is 11.2. The molecule has 0 radical (unpaired) electrons. The fraction of sp³-hybridized carbons (Fsp3) is 0.600. The van der Waals surface area contributed by atoms with Gasteiger partial charge in [0.15, 0.2) is 0 Å². The van der Waals surface area contributed by atoms with Crippen LogP contribution in [0.25, 0.3) is 0 Å². The number of ether oxygens (including phenoxy) is 2. The Labute approximate surface area is 82.9 Å². The third-order valence-corrected chi connectivity index (χ3v) is 1.91. The van der Waals surface area contributed by atoms with E-state index >= 15 is 0 Å². The molecule has 0 saturated carbocycles. The average Bonchev–Trinajstić information content (AvgIpc) is 2.24. The molecule has 0 amide bonds. The molecule has 4 nitrogen and oxygen atoms in total. The highest BCUT2D eigenvalue weighted by atomic mass is 16.6. The van der Waals surface area contributed by atoms with Crippen LogP contribution in [0, 0.1) is 0 Å². The third-order valence-electron chi connectivity index (χ3n) is 1.91. The first-order valence-corrected chi connectivity index (χ1v) is 4.41. The first kappa shape index (κ1) is 10.8. The van der Waals surface area contributed by atoms with Crippen LogP contribution in [0.2, 0.25) is 0 Å². The second kappa shape index (κ2) is 3.44. The molecule has 14 heavy (non-hydrogen) atoms. The van der Waals surface area contributed by atoms with Gasteiger partial charge in [0.2, 0.25) is 6.10 Å². The standard InChI is InChI=1S/C10H14O4/c1-6(2)8(11)13-7-5-10(3,4)14-9(7)12/h7H,1,5H2,2-4H3. The Morgan fingerprint density at radius 2 is 2.21 bits per heavy atom. The third kappa shape index (κ3) is 2.34. The van der Waals surface area contributed by atoms with Crippen LogP contribution in [-0.2, 0) is 19.1 Å². The molecule has 1 heterocycles. The molecule has 1 aliphatic heterocycles. The molecule has 0 aromatic rings. The summed E-state index contributed by atoms with van der Waals surface area (Å²) in [7, 11) is 0. The van der Waals surface area contributed by atoms with Crippen molar-refractivity contribution in [1.82, 2.24) is 0 Å². The van der Waals surface area contributed by atoms with Gasteiger partial charge in [-0.15, -0.1) is 0 Å². The molecular formula is C10H14O4. The van der Waals surface area contributed by atoms with Crippen LogP contribution in [-0.4, -0.2) is 23.6 Å². The van der Waals surface area contributed by atoms with Crippen LogP contribution >= 0.6 is 0 Å². The van der Waals surface area contributed by atoms with Crippen molar-refractivity contribution in [2.75, 3.05) is 0 Å². The van der Waals surface area contributed by atoms with E-state index in [1.807, 2.05) is 0 Å². The SMILES string of the molecule is C=C(C)C(=O)OC1CC(C)(C)OC1=O. The van der Waals surface area contributed by atoms with Crippen molar-refractivity contribution in [2.24, 2.45) is 0 Å². The second-order valence-electron chi connectivity index (χ2n) is 4.06. The van der Waals surface area contributed by atoms with E-state index in [0.717, 1.165) is 0 Å². The van der Waals surface area contributed by atoms with Gasteiger partial charge in [-0.2, -0.15) is 0 Å². The summed E-state index contributed by atoms with van der Waals surface area (Å²) in [6.45, 7) is 8.52. The first-order chi connectivity index (χ1) is 6.32. The Morgan fingerprint density at radius 3 is 2.57 bits per heavy atom. The lowest BCUT2D eigenvalue weighted by Crippen LogP contribution is -2.23. The summed E-state index contributed by atoms with van der Waals surface area (Å²) >= 11 is 0. The van der Waals surface area contributed by atoms with Crippen LogP contribution < -0.4 is 0 Å². The number of hydrogen-bond donors (Lipinski definition) is 0. The zero-order valence-corrected chi connectivity index (χ0v) is 8.62. The minimum Gasteiger partial charge on any atom is -0.457 e. The Balaban J connectivity index is 2.60. The predicted octanol–water partition coefficient (Wildman–Crippen LogP) is 1.20. The van der Waals surface area contributed by atoms with E-state index in [1.165, 1.54) is 6.92 Å². The molecule has 0 bridgehead atoms. The fourth-order valence-corrected chi connectivity index (χ4v) is 1.23. The van der Waals surface area contributed by atoms with Crippen molar-refractivity contribution < 1.29 is 19.1 Å². The Hall–Kier alpha value is -1.32. The molecule has 0 aliphatic carbocycles. The van der Waals surface area contributed by atoms with Crippen LogP contribution in [0.4, 0.5) is 0 Å². The lowest BCUT2D eigenvalue weighted by Gasteiger charge is -2.14. The van der Waals surface area contributed by atoms with Crippen molar-refractivity contribution >= 4 is 11.9 Å². The summed E-state index contributed by atoms with van der Waals surface area (Å²) in [5.74, 6) is -1.03. The van der Waals surface area contributed by atoms with E-state index in [-0.39, 0.29) is 5.57 Å².